The lowest BCUT2D eigenvalue weighted by molar-refractivity contribution is -0.133. The fourth-order valence-corrected chi connectivity index (χ4v) is 3.96. The molecule has 2 rings (SSSR count). The molecule has 0 aliphatic carbocycles. The Morgan fingerprint density at radius 1 is 1.42 bits per heavy atom. The highest BCUT2D eigenvalue weighted by Crippen LogP contribution is 2.33. The highest BCUT2D eigenvalue weighted by Gasteiger charge is 2.14. The third kappa shape index (κ3) is 3.37. The lowest BCUT2D eigenvalue weighted by Gasteiger charge is -2.11. The van der Waals surface area contributed by atoms with Gasteiger partial charge in [-0.2, -0.15) is 0 Å². The summed E-state index contributed by atoms with van der Waals surface area (Å²) in [4.78, 5) is 10.6. The van der Waals surface area contributed by atoms with Crippen LogP contribution in [0.25, 0.3) is 5.69 Å². The molecule has 8 heteroatoms. The fraction of sp³-hybridized carbons (Fsp3) is 0.182. The summed E-state index contributed by atoms with van der Waals surface area (Å²) in [5.74, 6) is -0.943. The van der Waals surface area contributed by atoms with Crippen LogP contribution < -0.4 is 0 Å². The summed E-state index contributed by atoms with van der Waals surface area (Å²) in [5, 5.41) is 17.0. The molecule has 0 unspecified atom stereocenters. The van der Waals surface area contributed by atoms with Gasteiger partial charge in [0.2, 0.25) is 0 Å². The second-order valence-electron chi connectivity index (χ2n) is 3.74. The predicted octanol–water partition coefficient (Wildman–Crippen LogP) is 3.28. The second kappa shape index (κ2) is 6.06. The number of aromatic nitrogens is 3. The van der Waals surface area contributed by atoms with Crippen LogP contribution in [0.4, 0.5) is 0 Å². The van der Waals surface area contributed by atoms with E-state index in [1.54, 1.807) is 10.9 Å². The molecule has 100 valence electrons. The topological polar surface area (TPSA) is 68.0 Å². The summed E-state index contributed by atoms with van der Waals surface area (Å²) < 4.78 is 3.52. The minimum atomic E-state index is -0.887. The Bertz CT molecular complexity index is 607. The summed E-state index contributed by atoms with van der Waals surface area (Å²) in [6, 6.07) is 3.96. The first-order valence-electron chi connectivity index (χ1n) is 5.19. The molecule has 1 heterocycles. The molecule has 0 atom stereocenters. The molecule has 0 fully saturated rings. The number of nitrogens with zero attached hydrogens (tertiary/aromatic N) is 3. The zero-order valence-electron chi connectivity index (χ0n) is 9.80. The molecule has 1 aromatic carbocycles. The molecule has 0 radical (unpaired) electrons. The van der Waals surface area contributed by atoms with Crippen molar-refractivity contribution in [1.29, 1.82) is 0 Å². The number of benzene rings is 1. The molecular weight excluding hydrogens is 398 g/mol. The number of hydrogen-bond acceptors (Lipinski definition) is 4. The maximum atomic E-state index is 10.6. The van der Waals surface area contributed by atoms with Gasteiger partial charge in [0.1, 0.15) is 6.33 Å². The van der Waals surface area contributed by atoms with Crippen LogP contribution in [-0.4, -0.2) is 31.6 Å². The summed E-state index contributed by atoms with van der Waals surface area (Å²) in [6.45, 7) is 1.99. The fourth-order valence-electron chi connectivity index (χ4n) is 1.52. The van der Waals surface area contributed by atoms with Gasteiger partial charge in [-0.1, -0.05) is 11.8 Å². The quantitative estimate of drug-likeness (QED) is 0.789. The Morgan fingerprint density at radius 3 is 2.63 bits per heavy atom. The largest absolute Gasteiger partial charge is 0.481 e. The monoisotopic (exact) mass is 405 g/mol. The molecule has 0 saturated heterocycles. The van der Waals surface area contributed by atoms with Crippen LogP contribution in [0.1, 0.15) is 5.56 Å². The molecule has 0 spiro atoms. The van der Waals surface area contributed by atoms with Crippen molar-refractivity contribution in [3.63, 3.8) is 0 Å². The van der Waals surface area contributed by atoms with Crippen molar-refractivity contribution in [2.24, 2.45) is 0 Å². The maximum absolute atomic E-state index is 10.6. The van der Waals surface area contributed by atoms with E-state index in [1.807, 2.05) is 19.1 Å². The molecule has 0 aliphatic heterocycles. The van der Waals surface area contributed by atoms with E-state index in [2.05, 4.69) is 42.1 Å². The smallest absolute Gasteiger partial charge is 0.313 e. The zero-order chi connectivity index (χ0) is 14.0. The minimum absolute atomic E-state index is 0.0558. The van der Waals surface area contributed by atoms with Crippen LogP contribution in [0, 0.1) is 6.92 Å². The summed E-state index contributed by atoms with van der Waals surface area (Å²) in [7, 11) is 0. The van der Waals surface area contributed by atoms with Gasteiger partial charge in [0.15, 0.2) is 5.16 Å². The first-order chi connectivity index (χ1) is 8.99. The van der Waals surface area contributed by atoms with E-state index in [0.29, 0.717) is 5.16 Å². The second-order valence-corrected chi connectivity index (χ2v) is 6.39. The standard InChI is InChI=1S/C11H9Br2N3O2S/c1-6-2-7(12)10(8(13)3-6)16-5-14-15-11(16)19-4-9(17)18/h2-3,5H,4H2,1H3,(H,17,18). The van der Waals surface area contributed by atoms with Crippen molar-refractivity contribution in [1.82, 2.24) is 14.8 Å². The lowest BCUT2D eigenvalue weighted by Crippen LogP contribution is -2.02. The lowest BCUT2D eigenvalue weighted by atomic mass is 10.2. The molecule has 0 bridgehead atoms. The van der Waals surface area contributed by atoms with Crippen molar-refractivity contribution in [3.8, 4) is 5.69 Å². The summed E-state index contributed by atoms with van der Waals surface area (Å²) in [5.41, 5.74) is 1.96. The number of halogens is 2. The van der Waals surface area contributed by atoms with E-state index in [1.165, 1.54) is 0 Å². The summed E-state index contributed by atoms with van der Waals surface area (Å²) >= 11 is 8.13. The van der Waals surface area contributed by atoms with Gasteiger partial charge < -0.3 is 5.11 Å². The summed E-state index contributed by atoms with van der Waals surface area (Å²) in [6.07, 6.45) is 1.56. The molecule has 0 saturated carbocycles. The average Bonchev–Trinajstić information content (AvgIpc) is 2.73. The van der Waals surface area contributed by atoms with Gasteiger partial charge in [-0.05, 0) is 56.5 Å². The third-order valence-corrected chi connectivity index (χ3v) is 4.38. The number of hydrogen-bond donors (Lipinski definition) is 1. The number of thioether (sulfide) groups is 1. The van der Waals surface area contributed by atoms with Crippen molar-refractivity contribution >= 4 is 49.6 Å². The number of carboxylic acid groups (broad SMARTS) is 1. The van der Waals surface area contributed by atoms with Gasteiger partial charge in [-0.3, -0.25) is 9.36 Å². The SMILES string of the molecule is Cc1cc(Br)c(-n2cnnc2SCC(=O)O)c(Br)c1. The van der Waals surface area contributed by atoms with Crippen LogP contribution in [0.2, 0.25) is 0 Å². The first-order valence-corrected chi connectivity index (χ1v) is 7.77. The van der Waals surface area contributed by atoms with Gasteiger partial charge in [0, 0.05) is 8.95 Å². The van der Waals surface area contributed by atoms with Crippen molar-refractivity contribution < 1.29 is 9.90 Å². The number of carbonyl (C=O) groups is 1. The van der Waals surface area contributed by atoms with Crippen LogP contribution in [0.15, 0.2) is 32.6 Å². The Labute approximate surface area is 130 Å². The zero-order valence-corrected chi connectivity index (χ0v) is 13.8. The maximum Gasteiger partial charge on any atom is 0.313 e. The number of aryl methyl sites for hydroxylation is 1. The first kappa shape index (κ1) is 14.5. The highest BCUT2D eigenvalue weighted by atomic mass is 79.9. The van der Waals surface area contributed by atoms with Gasteiger partial charge in [0.25, 0.3) is 0 Å². The van der Waals surface area contributed by atoms with Crippen LogP contribution in [-0.2, 0) is 4.79 Å². The molecule has 0 amide bonds. The highest BCUT2D eigenvalue weighted by molar-refractivity contribution is 9.11. The van der Waals surface area contributed by atoms with E-state index in [0.717, 1.165) is 32.0 Å². The normalized spacial score (nSPS) is 10.7. The molecule has 2 aromatic rings. The number of rotatable bonds is 4. The van der Waals surface area contributed by atoms with Gasteiger partial charge >= 0.3 is 5.97 Å². The van der Waals surface area contributed by atoms with Crippen molar-refractivity contribution in [2.45, 2.75) is 12.1 Å². The number of carboxylic acids is 1. The van der Waals surface area contributed by atoms with Gasteiger partial charge in [0.05, 0.1) is 11.4 Å². The molecular formula is C11H9Br2N3O2S. The van der Waals surface area contributed by atoms with Gasteiger partial charge in [-0.15, -0.1) is 10.2 Å². The Hall–Kier alpha value is -0.860. The van der Waals surface area contributed by atoms with Crippen LogP contribution in [0.5, 0.6) is 0 Å². The Balaban J connectivity index is 2.43. The van der Waals surface area contributed by atoms with Crippen molar-refractivity contribution in [2.75, 3.05) is 5.75 Å². The van der Waals surface area contributed by atoms with Crippen LogP contribution in [0.3, 0.4) is 0 Å². The molecule has 19 heavy (non-hydrogen) atoms. The molecule has 1 N–H and O–H groups in total. The minimum Gasteiger partial charge on any atom is -0.481 e. The molecule has 1 aromatic heterocycles. The predicted molar refractivity (Wildman–Crippen MR) is 79.9 cm³/mol. The van der Waals surface area contributed by atoms with E-state index in [-0.39, 0.29) is 5.75 Å². The molecule has 0 aliphatic rings. The van der Waals surface area contributed by atoms with Crippen molar-refractivity contribution in [3.05, 3.63) is 33.0 Å². The average molecular weight is 407 g/mol. The Morgan fingerprint density at radius 2 is 2.05 bits per heavy atom. The van der Waals surface area contributed by atoms with E-state index in [9.17, 15) is 4.79 Å². The number of aliphatic carboxylic acids is 1. The van der Waals surface area contributed by atoms with Crippen LogP contribution >= 0.6 is 43.6 Å². The van der Waals surface area contributed by atoms with E-state index in [4.69, 9.17) is 5.11 Å². The third-order valence-electron chi connectivity index (χ3n) is 2.24. The molecule has 5 nitrogen and oxygen atoms in total. The van der Waals surface area contributed by atoms with E-state index >= 15 is 0 Å². The Kier molecular flexibility index (Phi) is 4.64. The van der Waals surface area contributed by atoms with E-state index < -0.39 is 5.97 Å². The van der Waals surface area contributed by atoms with Gasteiger partial charge in [-0.25, -0.2) is 0 Å².